The molecule has 0 amide bonds. The fourth-order valence-corrected chi connectivity index (χ4v) is 5.68. The van der Waals surface area contributed by atoms with Gasteiger partial charge >= 0.3 is 5.97 Å². The van der Waals surface area contributed by atoms with Crippen LogP contribution in [0, 0.1) is 16.7 Å². The molecule has 0 saturated heterocycles. The van der Waals surface area contributed by atoms with Gasteiger partial charge in [-0.15, -0.1) is 0 Å². The maximum atomic E-state index is 11.7. The summed E-state index contributed by atoms with van der Waals surface area (Å²) in [6.07, 6.45) is 6.60. The van der Waals surface area contributed by atoms with Crippen molar-refractivity contribution in [3.63, 3.8) is 0 Å². The van der Waals surface area contributed by atoms with E-state index in [1.165, 1.54) is 11.1 Å². The second kappa shape index (κ2) is 6.30. The third-order valence-corrected chi connectivity index (χ3v) is 6.80. The van der Waals surface area contributed by atoms with Gasteiger partial charge in [0.15, 0.2) is 0 Å². The number of rotatable bonds is 4. The van der Waals surface area contributed by atoms with Gasteiger partial charge in [-0.05, 0) is 68.3 Å². The predicted octanol–water partition coefficient (Wildman–Crippen LogP) is 3.14. The van der Waals surface area contributed by atoms with Gasteiger partial charge in [0.05, 0.1) is 6.10 Å². The molecule has 4 heteroatoms. The second-order valence-electron chi connectivity index (χ2n) is 8.47. The minimum absolute atomic E-state index is 0.0967. The van der Waals surface area contributed by atoms with Gasteiger partial charge in [0.2, 0.25) is 0 Å². The van der Waals surface area contributed by atoms with Crippen molar-refractivity contribution in [2.24, 2.45) is 16.7 Å². The number of ether oxygens (including phenoxy) is 1. The Morgan fingerprint density at radius 3 is 2.67 bits per heavy atom. The fraction of sp³-hybridized carbons (Fsp3) is 0.750. The molecule has 1 saturated carbocycles. The molecule has 2 N–H and O–H groups in total. The molecule has 0 aromatic heterocycles. The Morgan fingerprint density at radius 1 is 1.29 bits per heavy atom. The zero-order valence-corrected chi connectivity index (χ0v) is 15.1. The zero-order chi connectivity index (χ0) is 17.5. The SMILES string of the molecule is CC1=C(CCC2=CCOC2=O)[C@]2(C)C[C@H](O)C[C@@](C)(CO)[C@H]2CC1. The van der Waals surface area contributed by atoms with Crippen LogP contribution in [-0.2, 0) is 9.53 Å². The van der Waals surface area contributed by atoms with E-state index < -0.39 is 0 Å². The highest BCUT2D eigenvalue weighted by molar-refractivity contribution is 5.90. The average Bonchev–Trinajstić information content (AvgIpc) is 2.91. The molecular weight excluding hydrogens is 304 g/mol. The summed E-state index contributed by atoms with van der Waals surface area (Å²) >= 11 is 0. The highest BCUT2D eigenvalue weighted by atomic mass is 16.5. The number of aliphatic hydroxyl groups is 2. The first-order valence-corrected chi connectivity index (χ1v) is 9.14. The van der Waals surface area contributed by atoms with Crippen molar-refractivity contribution in [1.82, 2.24) is 0 Å². The maximum absolute atomic E-state index is 11.7. The van der Waals surface area contributed by atoms with Crippen LogP contribution in [0.5, 0.6) is 0 Å². The molecule has 0 aromatic carbocycles. The lowest BCUT2D eigenvalue weighted by Crippen LogP contribution is -2.52. The summed E-state index contributed by atoms with van der Waals surface area (Å²) in [5.74, 6) is 0.191. The normalized spacial score (nSPS) is 39.5. The van der Waals surface area contributed by atoms with Crippen LogP contribution in [0.3, 0.4) is 0 Å². The molecule has 0 bridgehead atoms. The molecular formula is C20H30O4. The second-order valence-corrected chi connectivity index (χ2v) is 8.47. The highest BCUT2D eigenvalue weighted by Gasteiger charge is 2.54. The summed E-state index contributed by atoms with van der Waals surface area (Å²) in [5.41, 5.74) is 3.24. The molecule has 4 nitrogen and oxygen atoms in total. The first kappa shape index (κ1) is 17.7. The first-order valence-electron chi connectivity index (χ1n) is 9.14. The van der Waals surface area contributed by atoms with Gasteiger partial charge in [0, 0.05) is 12.2 Å². The van der Waals surface area contributed by atoms with Crippen LogP contribution in [0.1, 0.15) is 59.3 Å². The number of esters is 1. The van der Waals surface area contributed by atoms with Gasteiger partial charge < -0.3 is 14.9 Å². The van der Waals surface area contributed by atoms with Crippen molar-refractivity contribution in [1.29, 1.82) is 0 Å². The number of hydrogen-bond acceptors (Lipinski definition) is 4. The van der Waals surface area contributed by atoms with Gasteiger partial charge in [-0.2, -0.15) is 0 Å². The minimum Gasteiger partial charge on any atom is -0.458 e. The van der Waals surface area contributed by atoms with Crippen LogP contribution in [0.25, 0.3) is 0 Å². The zero-order valence-electron chi connectivity index (χ0n) is 15.1. The van der Waals surface area contributed by atoms with Crippen LogP contribution in [0.4, 0.5) is 0 Å². The van der Waals surface area contributed by atoms with Gasteiger partial charge in [-0.25, -0.2) is 4.79 Å². The molecule has 0 radical (unpaired) electrons. The number of carbonyl (C=O) groups excluding carboxylic acids is 1. The molecule has 2 aliphatic carbocycles. The fourth-order valence-electron chi connectivity index (χ4n) is 5.68. The van der Waals surface area contributed by atoms with E-state index in [1.807, 2.05) is 6.08 Å². The topological polar surface area (TPSA) is 66.8 Å². The van der Waals surface area contributed by atoms with E-state index in [9.17, 15) is 15.0 Å². The molecule has 24 heavy (non-hydrogen) atoms. The van der Waals surface area contributed by atoms with E-state index in [0.29, 0.717) is 25.4 Å². The number of hydrogen-bond donors (Lipinski definition) is 2. The van der Waals surface area contributed by atoms with E-state index in [4.69, 9.17) is 4.74 Å². The number of fused-ring (bicyclic) bond motifs is 1. The Kier molecular flexibility index (Phi) is 4.65. The van der Waals surface area contributed by atoms with E-state index in [1.54, 1.807) is 0 Å². The molecule has 4 atom stereocenters. The van der Waals surface area contributed by atoms with Crippen molar-refractivity contribution < 1.29 is 19.7 Å². The largest absolute Gasteiger partial charge is 0.458 e. The number of allylic oxidation sites excluding steroid dienone is 2. The lowest BCUT2D eigenvalue weighted by Gasteiger charge is -2.57. The van der Waals surface area contributed by atoms with Gasteiger partial charge in [-0.3, -0.25) is 0 Å². The van der Waals surface area contributed by atoms with Gasteiger partial charge in [0.25, 0.3) is 0 Å². The third kappa shape index (κ3) is 2.84. The van der Waals surface area contributed by atoms with Crippen LogP contribution in [0.15, 0.2) is 22.8 Å². The Balaban J connectivity index is 1.88. The Morgan fingerprint density at radius 2 is 2.04 bits per heavy atom. The van der Waals surface area contributed by atoms with E-state index in [0.717, 1.165) is 31.3 Å². The van der Waals surface area contributed by atoms with Gasteiger partial charge in [0.1, 0.15) is 6.61 Å². The molecule has 1 heterocycles. The highest BCUT2D eigenvalue weighted by Crippen LogP contribution is 2.60. The molecule has 0 aromatic rings. The van der Waals surface area contributed by atoms with Crippen molar-refractivity contribution in [2.75, 3.05) is 13.2 Å². The smallest absolute Gasteiger partial charge is 0.334 e. The lowest BCUT2D eigenvalue weighted by atomic mass is 9.49. The molecule has 0 spiro atoms. The predicted molar refractivity (Wildman–Crippen MR) is 92.2 cm³/mol. The maximum Gasteiger partial charge on any atom is 0.334 e. The van der Waals surface area contributed by atoms with Crippen molar-refractivity contribution in [2.45, 2.75) is 65.4 Å². The van der Waals surface area contributed by atoms with Crippen LogP contribution < -0.4 is 0 Å². The Hall–Kier alpha value is -1.13. The summed E-state index contributed by atoms with van der Waals surface area (Å²) in [5, 5.41) is 20.5. The van der Waals surface area contributed by atoms with Crippen molar-refractivity contribution >= 4 is 5.97 Å². The summed E-state index contributed by atoms with van der Waals surface area (Å²) in [6.45, 7) is 7.08. The van der Waals surface area contributed by atoms with Crippen LogP contribution in [-0.4, -0.2) is 35.5 Å². The molecule has 1 fully saturated rings. The van der Waals surface area contributed by atoms with Crippen molar-refractivity contribution in [3.05, 3.63) is 22.8 Å². The molecule has 1 aliphatic heterocycles. The minimum atomic E-state index is -0.375. The van der Waals surface area contributed by atoms with E-state index in [-0.39, 0.29) is 29.5 Å². The van der Waals surface area contributed by atoms with E-state index in [2.05, 4.69) is 20.8 Å². The Bertz CT molecular complexity index is 590. The third-order valence-electron chi connectivity index (χ3n) is 6.80. The summed E-state index contributed by atoms with van der Waals surface area (Å²) in [7, 11) is 0. The number of cyclic esters (lactones) is 1. The lowest BCUT2D eigenvalue weighted by molar-refractivity contribution is -0.136. The molecule has 3 rings (SSSR count). The monoisotopic (exact) mass is 334 g/mol. The summed E-state index contributed by atoms with van der Waals surface area (Å²) < 4.78 is 5.01. The summed E-state index contributed by atoms with van der Waals surface area (Å²) in [6, 6.07) is 0. The van der Waals surface area contributed by atoms with Crippen LogP contribution >= 0.6 is 0 Å². The van der Waals surface area contributed by atoms with Gasteiger partial charge in [-0.1, -0.05) is 25.0 Å². The molecule has 0 unspecified atom stereocenters. The van der Waals surface area contributed by atoms with E-state index >= 15 is 0 Å². The summed E-state index contributed by atoms with van der Waals surface area (Å²) in [4.78, 5) is 11.7. The number of carbonyl (C=O) groups is 1. The molecule has 3 aliphatic rings. The quantitative estimate of drug-likeness (QED) is 0.612. The standard InChI is InChI=1S/C20H30O4/c1-13-4-7-17-19(2,12-21)10-15(22)11-20(17,3)16(13)6-5-14-8-9-24-18(14)23/h8,15,17,21-22H,4-7,9-12H2,1-3H3/t15-,17-,19+,20+/m1/s1. The molecule has 134 valence electrons. The Labute approximate surface area is 144 Å². The first-order chi connectivity index (χ1) is 11.3. The number of aliphatic hydroxyl groups excluding tert-OH is 2. The average molecular weight is 334 g/mol. The van der Waals surface area contributed by atoms with Crippen LogP contribution in [0.2, 0.25) is 0 Å². The van der Waals surface area contributed by atoms with Crippen molar-refractivity contribution in [3.8, 4) is 0 Å².